The number of nitrogens with zero attached hydrogens (tertiary/aromatic N) is 3. The van der Waals surface area contributed by atoms with Gasteiger partial charge in [0.1, 0.15) is 6.04 Å². The van der Waals surface area contributed by atoms with Gasteiger partial charge >= 0.3 is 0 Å². The number of hydrogen-bond donors (Lipinski definition) is 2. The third-order valence-electron chi connectivity index (χ3n) is 6.65. The molecule has 2 N–H and O–H groups in total. The molecule has 0 spiro atoms. The van der Waals surface area contributed by atoms with Crippen LogP contribution in [0.25, 0.3) is 11.5 Å². The second-order valence-electron chi connectivity index (χ2n) is 8.54. The first kappa shape index (κ1) is 19.2. The molecule has 0 radical (unpaired) electrons. The normalized spacial score (nSPS) is 28.1. The Hall–Kier alpha value is -2.74. The molecule has 4 atom stereocenters. The molecule has 5 rings (SSSR count). The van der Waals surface area contributed by atoms with E-state index in [1.54, 1.807) is 0 Å². The van der Waals surface area contributed by atoms with Gasteiger partial charge in [-0.2, -0.15) is 4.98 Å². The lowest BCUT2D eigenvalue weighted by molar-refractivity contribution is -0.157. The predicted octanol–water partition coefficient (Wildman–Crippen LogP) is 1.38. The van der Waals surface area contributed by atoms with Crippen LogP contribution >= 0.6 is 0 Å². The topological polar surface area (TPSA) is 100 Å². The number of piperidine rings is 3. The van der Waals surface area contributed by atoms with Crippen LogP contribution in [-0.4, -0.2) is 58.6 Å². The van der Waals surface area contributed by atoms with Gasteiger partial charge in [0.05, 0.1) is 0 Å². The van der Waals surface area contributed by atoms with Gasteiger partial charge in [0.2, 0.25) is 11.8 Å². The molecule has 3 aliphatic heterocycles. The van der Waals surface area contributed by atoms with E-state index >= 15 is 0 Å². The number of amides is 2. The smallest absolute Gasteiger partial charge is 0.257 e. The summed E-state index contributed by atoms with van der Waals surface area (Å²) in [6.07, 6.45) is 3.98. The lowest BCUT2D eigenvalue weighted by Crippen LogP contribution is -2.68. The summed E-state index contributed by atoms with van der Waals surface area (Å²) in [6, 6.07) is 9.42. The first-order valence-corrected chi connectivity index (χ1v) is 10.9. The predicted molar refractivity (Wildman–Crippen MR) is 109 cm³/mol. The molecule has 3 aliphatic rings. The standard InChI is InChI=1S/C22H27N5O3/c28-19-8-4-7-17-15-11-16(13-23-12-15)20(27(17)19)21(29)24-10-9-18-25-22(30-26-18)14-5-2-1-3-6-14/h1-3,5-6,15-17,20,23H,4,7-13H2,(H,24,29)/t15-,16+,17+,20-/m1/s1. The number of benzene rings is 1. The molecule has 158 valence electrons. The quantitative estimate of drug-likeness (QED) is 0.774. The molecule has 0 aliphatic carbocycles. The van der Waals surface area contributed by atoms with E-state index in [9.17, 15) is 9.59 Å². The molecular weight excluding hydrogens is 382 g/mol. The zero-order chi connectivity index (χ0) is 20.5. The maximum Gasteiger partial charge on any atom is 0.257 e. The molecule has 1 aromatic heterocycles. The van der Waals surface area contributed by atoms with Gasteiger partial charge in [-0.05, 0) is 43.9 Å². The van der Waals surface area contributed by atoms with E-state index in [1.165, 1.54) is 0 Å². The number of carbonyl (C=O) groups excluding carboxylic acids is 2. The Kier molecular flexibility index (Phi) is 5.25. The van der Waals surface area contributed by atoms with Gasteiger partial charge in [0.25, 0.3) is 5.89 Å². The fourth-order valence-corrected chi connectivity index (χ4v) is 5.31. The molecule has 2 bridgehead atoms. The van der Waals surface area contributed by atoms with Crippen molar-refractivity contribution in [3.8, 4) is 11.5 Å². The van der Waals surface area contributed by atoms with Gasteiger partial charge in [-0.15, -0.1) is 0 Å². The summed E-state index contributed by atoms with van der Waals surface area (Å²) in [5.41, 5.74) is 0.872. The maximum atomic E-state index is 13.1. The van der Waals surface area contributed by atoms with Crippen LogP contribution in [0.1, 0.15) is 31.5 Å². The van der Waals surface area contributed by atoms with Gasteiger partial charge in [-0.1, -0.05) is 23.4 Å². The molecule has 3 fully saturated rings. The highest BCUT2D eigenvalue weighted by atomic mass is 16.5. The summed E-state index contributed by atoms with van der Waals surface area (Å²) in [6.45, 7) is 2.15. The van der Waals surface area contributed by atoms with Crippen molar-refractivity contribution >= 4 is 11.8 Å². The Morgan fingerprint density at radius 1 is 1.23 bits per heavy atom. The van der Waals surface area contributed by atoms with Crippen LogP contribution < -0.4 is 10.6 Å². The minimum absolute atomic E-state index is 0.0609. The van der Waals surface area contributed by atoms with E-state index < -0.39 is 0 Å². The van der Waals surface area contributed by atoms with Crippen molar-refractivity contribution in [1.82, 2.24) is 25.7 Å². The van der Waals surface area contributed by atoms with Crippen LogP contribution in [0.3, 0.4) is 0 Å². The summed E-state index contributed by atoms with van der Waals surface area (Å²) < 4.78 is 5.33. The molecule has 3 saturated heterocycles. The molecular formula is C22H27N5O3. The lowest BCUT2D eigenvalue weighted by atomic mass is 9.72. The van der Waals surface area contributed by atoms with E-state index in [-0.39, 0.29) is 29.8 Å². The average molecular weight is 409 g/mol. The maximum absolute atomic E-state index is 13.1. The third-order valence-corrected chi connectivity index (χ3v) is 6.65. The zero-order valence-corrected chi connectivity index (χ0v) is 16.9. The van der Waals surface area contributed by atoms with Crippen LogP contribution in [0.4, 0.5) is 0 Å². The average Bonchev–Trinajstić information content (AvgIpc) is 3.24. The molecule has 2 aromatic rings. The van der Waals surface area contributed by atoms with E-state index in [1.807, 2.05) is 35.2 Å². The van der Waals surface area contributed by atoms with Gasteiger partial charge in [-0.25, -0.2) is 0 Å². The van der Waals surface area contributed by atoms with Crippen molar-refractivity contribution in [2.75, 3.05) is 19.6 Å². The fourth-order valence-electron chi connectivity index (χ4n) is 5.31. The van der Waals surface area contributed by atoms with E-state index in [0.717, 1.165) is 37.9 Å². The van der Waals surface area contributed by atoms with Gasteiger partial charge in [0.15, 0.2) is 5.82 Å². The number of fused-ring (bicyclic) bond motifs is 4. The first-order chi connectivity index (χ1) is 14.7. The summed E-state index contributed by atoms with van der Waals surface area (Å²) >= 11 is 0. The number of rotatable bonds is 5. The zero-order valence-electron chi connectivity index (χ0n) is 16.9. The van der Waals surface area contributed by atoms with Crippen molar-refractivity contribution in [2.24, 2.45) is 11.8 Å². The molecule has 2 amide bonds. The number of carbonyl (C=O) groups is 2. The van der Waals surface area contributed by atoms with Gasteiger partial charge in [-0.3, -0.25) is 9.59 Å². The summed E-state index contributed by atoms with van der Waals surface area (Å²) in [7, 11) is 0. The van der Waals surface area contributed by atoms with E-state index in [4.69, 9.17) is 4.52 Å². The SMILES string of the molecule is O=C(NCCc1noc(-c2ccccc2)n1)[C@H]1[C@@H]2CNC[C@@H](C2)[C@@H]2CCCC(=O)N21. The van der Waals surface area contributed by atoms with Crippen LogP contribution in [0, 0.1) is 11.8 Å². The minimum Gasteiger partial charge on any atom is -0.354 e. The van der Waals surface area contributed by atoms with Crippen molar-refractivity contribution in [1.29, 1.82) is 0 Å². The number of nitrogens with one attached hydrogen (secondary N) is 2. The second kappa shape index (κ2) is 8.18. The Bertz CT molecular complexity index is 915. The van der Waals surface area contributed by atoms with Crippen LogP contribution in [0.5, 0.6) is 0 Å². The third kappa shape index (κ3) is 3.60. The Morgan fingerprint density at radius 3 is 2.93 bits per heavy atom. The molecule has 8 heteroatoms. The van der Waals surface area contributed by atoms with E-state index in [2.05, 4.69) is 20.8 Å². The summed E-state index contributed by atoms with van der Waals surface area (Å²) in [5.74, 6) is 1.75. The summed E-state index contributed by atoms with van der Waals surface area (Å²) in [4.78, 5) is 32.1. The fraction of sp³-hybridized carbons (Fsp3) is 0.545. The second-order valence-corrected chi connectivity index (χ2v) is 8.54. The van der Waals surface area contributed by atoms with Crippen molar-refractivity contribution in [2.45, 2.75) is 44.2 Å². The number of aromatic nitrogens is 2. The van der Waals surface area contributed by atoms with Crippen molar-refractivity contribution in [3.05, 3.63) is 36.2 Å². The Balaban J connectivity index is 1.23. The van der Waals surface area contributed by atoms with Gasteiger partial charge in [0, 0.05) is 43.5 Å². The molecule has 30 heavy (non-hydrogen) atoms. The van der Waals surface area contributed by atoms with Crippen LogP contribution in [0.15, 0.2) is 34.9 Å². The summed E-state index contributed by atoms with van der Waals surface area (Å²) in [5, 5.41) is 10.5. The van der Waals surface area contributed by atoms with Crippen molar-refractivity contribution in [3.63, 3.8) is 0 Å². The highest BCUT2D eigenvalue weighted by molar-refractivity contribution is 5.89. The van der Waals surface area contributed by atoms with Gasteiger partial charge < -0.3 is 20.1 Å². The minimum atomic E-state index is -0.378. The van der Waals surface area contributed by atoms with Crippen molar-refractivity contribution < 1.29 is 14.1 Å². The first-order valence-electron chi connectivity index (χ1n) is 10.9. The molecule has 8 nitrogen and oxygen atoms in total. The number of hydrogen-bond acceptors (Lipinski definition) is 6. The Morgan fingerprint density at radius 2 is 2.07 bits per heavy atom. The molecule has 1 aromatic carbocycles. The van der Waals surface area contributed by atoms with Crippen LogP contribution in [-0.2, 0) is 16.0 Å². The Labute approximate surface area is 175 Å². The molecule has 4 heterocycles. The highest BCUT2D eigenvalue weighted by Gasteiger charge is 2.50. The highest BCUT2D eigenvalue weighted by Crippen LogP contribution is 2.39. The lowest BCUT2D eigenvalue weighted by Gasteiger charge is -2.53. The molecule has 0 saturated carbocycles. The monoisotopic (exact) mass is 409 g/mol. The largest absolute Gasteiger partial charge is 0.354 e. The van der Waals surface area contributed by atoms with Crippen LogP contribution in [0.2, 0.25) is 0 Å². The molecule has 0 unspecified atom stereocenters. The van der Waals surface area contributed by atoms with E-state index in [0.29, 0.717) is 37.0 Å².